The molecule has 0 bridgehead atoms. The van der Waals surface area contributed by atoms with Gasteiger partial charge in [-0.25, -0.2) is 0 Å². The predicted molar refractivity (Wildman–Crippen MR) is 114 cm³/mol. The Balaban J connectivity index is 1.40. The molecule has 0 aliphatic carbocycles. The minimum Gasteiger partial charge on any atom is -0.484 e. The first-order valence-electron chi connectivity index (χ1n) is 9.99. The minimum atomic E-state index is -0.613. The Kier molecular flexibility index (Phi) is 7.33. The van der Waals surface area contributed by atoms with Crippen molar-refractivity contribution in [2.24, 2.45) is 0 Å². The summed E-state index contributed by atoms with van der Waals surface area (Å²) in [5, 5.41) is 23.5. The molecule has 13 nitrogen and oxygen atoms in total. The molecule has 0 spiro atoms. The zero-order valence-electron chi connectivity index (χ0n) is 18.3. The summed E-state index contributed by atoms with van der Waals surface area (Å²) in [5.74, 6) is -0.732. The predicted octanol–water partition coefficient (Wildman–Crippen LogP) is 1.07. The zero-order valence-corrected chi connectivity index (χ0v) is 18.3. The molecule has 0 saturated carbocycles. The first-order valence-corrected chi connectivity index (χ1v) is 9.99. The number of nitro groups is 1. The van der Waals surface area contributed by atoms with Crippen LogP contribution in [0.5, 0.6) is 5.75 Å². The zero-order chi connectivity index (χ0) is 24.0. The standard InChI is InChI=1S/C20H23N7O6/c1-12-4-5-15(13(2)8-12)32-11-18(28)21-6-7-22-19(29)20-23-16(25-33-20)10-26-14(3)9-17(24-26)27(30)31/h4-5,8-9H,6-7,10-11H2,1-3H3,(H,21,28)(H,22,29). The number of amides is 2. The molecule has 33 heavy (non-hydrogen) atoms. The Bertz CT molecular complexity index is 1170. The van der Waals surface area contributed by atoms with Crippen molar-refractivity contribution >= 4 is 17.6 Å². The van der Waals surface area contributed by atoms with Gasteiger partial charge in [-0.3, -0.25) is 9.59 Å². The molecule has 0 aliphatic heterocycles. The molecule has 3 aromatic rings. The molecule has 1 aromatic carbocycles. The van der Waals surface area contributed by atoms with Gasteiger partial charge in [0, 0.05) is 13.1 Å². The van der Waals surface area contributed by atoms with E-state index in [0.29, 0.717) is 11.4 Å². The maximum Gasteiger partial charge on any atom is 0.390 e. The van der Waals surface area contributed by atoms with E-state index in [4.69, 9.17) is 9.26 Å². The number of aromatic nitrogens is 4. The molecule has 3 rings (SSSR count). The average molecular weight is 457 g/mol. The molecule has 2 heterocycles. The van der Waals surface area contributed by atoms with Gasteiger partial charge in [0.1, 0.15) is 12.3 Å². The fraction of sp³-hybridized carbons (Fsp3) is 0.350. The van der Waals surface area contributed by atoms with Crippen molar-refractivity contribution in [2.75, 3.05) is 19.7 Å². The van der Waals surface area contributed by atoms with Crippen LogP contribution in [0.2, 0.25) is 0 Å². The van der Waals surface area contributed by atoms with E-state index in [0.717, 1.165) is 11.1 Å². The first-order chi connectivity index (χ1) is 15.7. The summed E-state index contributed by atoms with van der Waals surface area (Å²) in [7, 11) is 0. The van der Waals surface area contributed by atoms with Crippen molar-refractivity contribution in [1.82, 2.24) is 30.6 Å². The van der Waals surface area contributed by atoms with Gasteiger partial charge >= 0.3 is 17.6 Å². The van der Waals surface area contributed by atoms with Crippen LogP contribution in [0.4, 0.5) is 5.82 Å². The molecule has 174 valence electrons. The molecule has 0 aliphatic rings. The number of carbonyl (C=O) groups is 2. The smallest absolute Gasteiger partial charge is 0.390 e. The number of carbonyl (C=O) groups excluding carboxylic acids is 2. The second-order valence-corrected chi connectivity index (χ2v) is 7.24. The highest BCUT2D eigenvalue weighted by Crippen LogP contribution is 2.18. The van der Waals surface area contributed by atoms with Crippen LogP contribution >= 0.6 is 0 Å². The van der Waals surface area contributed by atoms with Gasteiger partial charge in [-0.2, -0.15) is 9.67 Å². The Morgan fingerprint density at radius 3 is 2.64 bits per heavy atom. The van der Waals surface area contributed by atoms with Crippen molar-refractivity contribution in [1.29, 1.82) is 0 Å². The highest BCUT2D eigenvalue weighted by Gasteiger charge is 2.19. The third-order valence-electron chi connectivity index (χ3n) is 4.53. The third-order valence-corrected chi connectivity index (χ3v) is 4.53. The van der Waals surface area contributed by atoms with E-state index < -0.39 is 10.8 Å². The van der Waals surface area contributed by atoms with Gasteiger partial charge in [0.25, 0.3) is 5.91 Å². The summed E-state index contributed by atoms with van der Waals surface area (Å²) in [6.07, 6.45) is 0. The number of hydrogen-bond donors (Lipinski definition) is 2. The minimum absolute atomic E-state index is 0.00691. The molecule has 13 heteroatoms. The van der Waals surface area contributed by atoms with Gasteiger partial charge in [-0.05, 0) is 37.3 Å². The Labute approximate surface area is 188 Å². The molecule has 2 amide bonds. The summed E-state index contributed by atoms with van der Waals surface area (Å²) in [6, 6.07) is 6.99. The molecule has 2 N–H and O–H groups in total. The van der Waals surface area contributed by atoms with E-state index in [9.17, 15) is 19.7 Å². The highest BCUT2D eigenvalue weighted by molar-refractivity contribution is 5.89. The van der Waals surface area contributed by atoms with Crippen molar-refractivity contribution in [3.8, 4) is 5.75 Å². The SMILES string of the molecule is Cc1ccc(OCC(=O)NCCNC(=O)c2nc(Cn3nc([N+](=O)[O-])cc3C)no2)c(C)c1. The van der Waals surface area contributed by atoms with E-state index in [1.165, 1.54) is 10.7 Å². The largest absolute Gasteiger partial charge is 0.484 e. The lowest BCUT2D eigenvalue weighted by atomic mass is 10.1. The molecule has 0 unspecified atom stereocenters. The summed E-state index contributed by atoms with van der Waals surface area (Å²) >= 11 is 0. The lowest BCUT2D eigenvalue weighted by Crippen LogP contribution is -2.36. The van der Waals surface area contributed by atoms with Crippen LogP contribution < -0.4 is 15.4 Å². The molecule has 0 radical (unpaired) electrons. The molecule has 0 saturated heterocycles. The lowest BCUT2D eigenvalue weighted by Gasteiger charge is -2.10. The topological polar surface area (TPSA) is 167 Å². The van der Waals surface area contributed by atoms with Crippen LogP contribution in [-0.4, -0.2) is 56.4 Å². The fourth-order valence-corrected chi connectivity index (χ4v) is 2.90. The van der Waals surface area contributed by atoms with Crippen LogP contribution in [0.3, 0.4) is 0 Å². The van der Waals surface area contributed by atoms with Crippen LogP contribution in [0.1, 0.15) is 33.3 Å². The Morgan fingerprint density at radius 1 is 1.18 bits per heavy atom. The van der Waals surface area contributed by atoms with Gasteiger partial charge < -0.3 is 30.0 Å². The number of ether oxygens (including phenoxy) is 1. The van der Waals surface area contributed by atoms with E-state index in [2.05, 4.69) is 25.9 Å². The summed E-state index contributed by atoms with van der Waals surface area (Å²) in [5.41, 5.74) is 2.58. The second-order valence-electron chi connectivity index (χ2n) is 7.24. The molecule has 0 fully saturated rings. The number of rotatable bonds is 10. The quantitative estimate of drug-likeness (QED) is 0.257. The lowest BCUT2D eigenvalue weighted by molar-refractivity contribution is -0.389. The first kappa shape index (κ1) is 23.4. The molecular formula is C20H23N7O6. The number of hydrogen-bond acceptors (Lipinski definition) is 9. The number of nitrogens with one attached hydrogen (secondary N) is 2. The van der Waals surface area contributed by atoms with Gasteiger partial charge in [-0.15, -0.1) is 0 Å². The third kappa shape index (κ3) is 6.35. The summed E-state index contributed by atoms with van der Waals surface area (Å²) < 4.78 is 11.8. The summed E-state index contributed by atoms with van der Waals surface area (Å²) in [4.78, 5) is 38.2. The van der Waals surface area contributed by atoms with Crippen LogP contribution in [0, 0.1) is 30.9 Å². The average Bonchev–Trinajstić information content (AvgIpc) is 3.38. The van der Waals surface area contributed by atoms with Crippen LogP contribution in [-0.2, 0) is 11.3 Å². The van der Waals surface area contributed by atoms with Crippen molar-refractivity contribution in [2.45, 2.75) is 27.3 Å². The van der Waals surface area contributed by atoms with Crippen molar-refractivity contribution in [3.05, 3.63) is 62.9 Å². The molecule has 0 atom stereocenters. The van der Waals surface area contributed by atoms with Gasteiger partial charge in [0.2, 0.25) is 0 Å². The van der Waals surface area contributed by atoms with E-state index in [-0.39, 0.29) is 49.7 Å². The van der Waals surface area contributed by atoms with E-state index >= 15 is 0 Å². The van der Waals surface area contributed by atoms with Gasteiger partial charge in [-0.1, -0.05) is 22.9 Å². The number of aryl methyl sites for hydroxylation is 3. The van der Waals surface area contributed by atoms with Crippen LogP contribution in [0.25, 0.3) is 0 Å². The van der Waals surface area contributed by atoms with Gasteiger partial charge in [0.15, 0.2) is 12.4 Å². The Hall–Kier alpha value is -4.29. The molecule has 2 aromatic heterocycles. The van der Waals surface area contributed by atoms with Crippen molar-refractivity contribution in [3.63, 3.8) is 0 Å². The van der Waals surface area contributed by atoms with Crippen molar-refractivity contribution < 1.29 is 23.8 Å². The Morgan fingerprint density at radius 2 is 1.94 bits per heavy atom. The number of benzene rings is 1. The highest BCUT2D eigenvalue weighted by atomic mass is 16.6. The normalized spacial score (nSPS) is 10.6. The van der Waals surface area contributed by atoms with E-state index in [1.54, 1.807) is 6.92 Å². The molecular weight excluding hydrogens is 434 g/mol. The summed E-state index contributed by atoms with van der Waals surface area (Å²) in [6.45, 7) is 5.70. The monoisotopic (exact) mass is 457 g/mol. The maximum atomic E-state index is 12.1. The maximum absolute atomic E-state index is 12.1. The second kappa shape index (κ2) is 10.3. The van der Waals surface area contributed by atoms with Gasteiger partial charge in [0.05, 0.1) is 16.9 Å². The van der Waals surface area contributed by atoms with Crippen LogP contribution in [0.15, 0.2) is 28.8 Å². The fourth-order valence-electron chi connectivity index (χ4n) is 2.90. The van der Waals surface area contributed by atoms with E-state index in [1.807, 2.05) is 32.0 Å². The number of nitrogens with zero attached hydrogens (tertiary/aromatic N) is 5.